The molecule has 0 aromatic carbocycles. The molecular weight excluding hydrogens is 146 g/mol. The molecule has 0 aromatic heterocycles. The van der Waals surface area contributed by atoms with Crippen LogP contribution < -0.4 is 0 Å². The third kappa shape index (κ3) is 2.62. The standard InChI is InChI=1S/C11H21N/c1-3-6-10(7-4-2)11-8-5-9-12-11/h10H,3-9H2,1-2H3. The van der Waals surface area contributed by atoms with Crippen LogP contribution in [0.4, 0.5) is 0 Å². The Bertz CT molecular complexity index is 143. The number of hydrogen-bond acceptors (Lipinski definition) is 1. The van der Waals surface area contributed by atoms with E-state index in [4.69, 9.17) is 0 Å². The fourth-order valence-corrected chi connectivity index (χ4v) is 2.07. The van der Waals surface area contributed by atoms with Crippen molar-refractivity contribution in [3.8, 4) is 0 Å². The van der Waals surface area contributed by atoms with E-state index in [-0.39, 0.29) is 0 Å². The zero-order valence-corrected chi connectivity index (χ0v) is 8.47. The summed E-state index contributed by atoms with van der Waals surface area (Å²) in [5, 5.41) is 0. The largest absolute Gasteiger partial charge is 0.294 e. The predicted molar refractivity (Wildman–Crippen MR) is 54.8 cm³/mol. The maximum Gasteiger partial charge on any atom is 0.0392 e. The maximum atomic E-state index is 4.59. The van der Waals surface area contributed by atoms with Gasteiger partial charge >= 0.3 is 0 Å². The van der Waals surface area contributed by atoms with Crippen LogP contribution in [0.15, 0.2) is 4.99 Å². The zero-order valence-electron chi connectivity index (χ0n) is 8.47. The lowest BCUT2D eigenvalue weighted by Crippen LogP contribution is -2.11. The SMILES string of the molecule is CCCC(CCC)C1=NCCC1. The van der Waals surface area contributed by atoms with Gasteiger partial charge in [-0.1, -0.05) is 26.7 Å². The van der Waals surface area contributed by atoms with Gasteiger partial charge in [0.15, 0.2) is 0 Å². The minimum absolute atomic E-state index is 0.822. The van der Waals surface area contributed by atoms with Crippen LogP contribution in [-0.2, 0) is 0 Å². The number of hydrogen-bond donors (Lipinski definition) is 0. The third-order valence-corrected chi connectivity index (χ3v) is 2.65. The molecule has 1 heterocycles. The van der Waals surface area contributed by atoms with E-state index >= 15 is 0 Å². The molecule has 0 radical (unpaired) electrons. The number of aliphatic imine (C=N–C) groups is 1. The molecule has 1 nitrogen and oxygen atoms in total. The fraction of sp³-hybridized carbons (Fsp3) is 0.909. The highest BCUT2D eigenvalue weighted by Crippen LogP contribution is 2.21. The highest BCUT2D eigenvalue weighted by atomic mass is 14.8. The highest BCUT2D eigenvalue weighted by Gasteiger charge is 2.16. The fourth-order valence-electron chi connectivity index (χ4n) is 2.07. The Hall–Kier alpha value is -0.330. The second-order valence-electron chi connectivity index (χ2n) is 3.75. The Balaban J connectivity index is 2.40. The molecule has 1 heteroatoms. The molecule has 0 aliphatic carbocycles. The first-order chi connectivity index (χ1) is 5.88. The smallest absolute Gasteiger partial charge is 0.0392 e. The number of nitrogens with zero attached hydrogens (tertiary/aromatic N) is 1. The molecule has 1 rings (SSSR count). The molecular formula is C11H21N. The van der Waals surface area contributed by atoms with Crippen molar-refractivity contribution < 1.29 is 0 Å². The molecule has 0 amide bonds. The average Bonchev–Trinajstić information content (AvgIpc) is 2.56. The van der Waals surface area contributed by atoms with E-state index in [1.807, 2.05) is 0 Å². The Morgan fingerprint density at radius 2 is 1.92 bits per heavy atom. The van der Waals surface area contributed by atoms with Gasteiger partial charge in [-0.3, -0.25) is 4.99 Å². The molecule has 70 valence electrons. The van der Waals surface area contributed by atoms with Crippen molar-refractivity contribution >= 4 is 5.71 Å². The van der Waals surface area contributed by atoms with Gasteiger partial charge in [0.2, 0.25) is 0 Å². The van der Waals surface area contributed by atoms with E-state index in [9.17, 15) is 0 Å². The highest BCUT2D eigenvalue weighted by molar-refractivity contribution is 5.88. The van der Waals surface area contributed by atoms with Crippen molar-refractivity contribution in [2.45, 2.75) is 52.4 Å². The Morgan fingerprint density at radius 3 is 2.33 bits per heavy atom. The van der Waals surface area contributed by atoms with Crippen molar-refractivity contribution in [3.63, 3.8) is 0 Å². The van der Waals surface area contributed by atoms with Crippen LogP contribution in [-0.4, -0.2) is 12.3 Å². The van der Waals surface area contributed by atoms with Crippen LogP contribution in [0, 0.1) is 5.92 Å². The van der Waals surface area contributed by atoms with E-state index in [1.165, 1.54) is 44.2 Å². The van der Waals surface area contributed by atoms with Crippen LogP contribution in [0.3, 0.4) is 0 Å². The van der Waals surface area contributed by atoms with Gasteiger partial charge in [0, 0.05) is 12.3 Å². The summed E-state index contributed by atoms with van der Waals surface area (Å²) in [4.78, 5) is 4.59. The molecule has 0 spiro atoms. The van der Waals surface area contributed by atoms with Gasteiger partial charge in [-0.05, 0) is 31.6 Å². The quantitative estimate of drug-likeness (QED) is 0.595. The minimum atomic E-state index is 0.822. The van der Waals surface area contributed by atoms with Gasteiger partial charge in [0.1, 0.15) is 0 Å². The van der Waals surface area contributed by atoms with Gasteiger partial charge in [0.25, 0.3) is 0 Å². The van der Waals surface area contributed by atoms with Gasteiger partial charge in [0.05, 0.1) is 0 Å². The lowest BCUT2D eigenvalue weighted by Gasteiger charge is -2.14. The summed E-state index contributed by atoms with van der Waals surface area (Å²) in [6.07, 6.45) is 7.91. The third-order valence-electron chi connectivity index (χ3n) is 2.65. The maximum absolute atomic E-state index is 4.59. The lowest BCUT2D eigenvalue weighted by atomic mass is 9.92. The van der Waals surface area contributed by atoms with Crippen molar-refractivity contribution in [3.05, 3.63) is 0 Å². The molecule has 0 atom stereocenters. The lowest BCUT2D eigenvalue weighted by molar-refractivity contribution is 0.554. The second-order valence-corrected chi connectivity index (χ2v) is 3.75. The van der Waals surface area contributed by atoms with E-state index in [1.54, 1.807) is 0 Å². The molecule has 0 N–H and O–H groups in total. The van der Waals surface area contributed by atoms with Crippen molar-refractivity contribution in [2.24, 2.45) is 10.9 Å². The van der Waals surface area contributed by atoms with Crippen molar-refractivity contribution in [1.29, 1.82) is 0 Å². The first-order valence-electron chi connectivity index (χ1n) is 5.41. The van der Waals surface area contributed by atoms with Crippen molar-refractivity contribution in [2.75, 3.05) is 6.54 Å². The monoisotopic (exact) mass is 167 g/mol. The van der Waals surface area contributed by atoms with E-state index in [2.05, 4.69) is 18.8 Å². The van der Waals surface area contributed by atoms with Crippen LogP contribution in [0.1, 0.15) is 52.4 Å². The van der Waals surface area contributed by atoms with Gasteiger partial charge < -0.3 is 0 Å². The summed E-state index contributed by atoms with van der Waals surface area (Å²) >= 11 is 0. The molecule has 0 aromatic rings. The second kappa shape index (κ2) is 5.34. The number of rotatable bonds is 5. The molecule has 12 heavy (non-hydrogen) atoms. The van der Waals surface area contributed by atoms with Crippen LogP contribution in [0.2, 0.25) is 0 Å². The minimum Gasteiger partial charge on any atom is -0.294 e. The molecule has 0 fully saturated rings. The Labute approximate surface area is 76.3 Å². The van der Waals surface area contributed by atoms with E-state index in [0.717, 1.165) is 12.5 Å². The van der Waals surface area contributed by atoms with Crippen LogP contribution >= 0.6 is 0 Å². The summed E-state index contributed by atoms with van der Waals surface area (Å²) in [5.74, 6) is 0.822. The summed E-state index contributed by atoms with van der Waals surface area (Å²) < 4.78 is 0. The van der Waals surface area contributed by atoms with E-state index in [0.29, 0.717) is 0 Å². The summed E-state index contributed by atoms with van der Waals surface area (Å²) in [7, 11) is 0. The predicted octanol–water partition coefficient (Wildman–Crippen LogP) is 3.44. The average molecular weight is 167 g/mol. The Morgan fingerprint density at radius 1 is 1.25 bits per heavy atom. The van der Waals surface area contributed by atoms with Crippen molar-refractivity contribution in [1.82, 2.24) is 0 Å². The molecule has 0 unspecified atom stereocenters. The molecule has 1 aliphatic heterocycles. The first kappa shape index (κ1) is 9.76. The summed E-state index contributed by atoms with van der Waals surface area (Å²) in [6.45, 7) is 5.65. The van der Waals surface area contributed by atoms with Gasteiger partial charge in [-0.15, -0.1) is 0 Å². The summed E-state index contributed by atoms with van der Waals surface area (Å²) in [6, 6.07) is 0. The topological polar surface area (TPSA) is 12.4 Å². The van der Waals surface area contributed by atoms with Gasteiger partial charge in [-0.25, -0.2) is 0 Å². The normalized spacial score (nSPS) is 17.1. The van der Waals surface area contributed by atoms with Gasteiger partial charge in [-0.2, -0.15) is 0 Å². The van der Waals surface area contributed by atoms with E-state index < -0.39 is 0 Å². The molecule has 0 saturated heterocycles. The zero-order chi connectivity index (χ0) is 8.81. The van der Waals surface area contributed by atoms with Crippen LogP contribution in [0.5, 0.6) is 0 Å². The molecule has 0 saturated carbocycles. The molecule has 1 aliphatic rings. The Kier molecular flexibility index (Phi) is 4.34. The van der Waals surface area contributed by atoms with Crippen LogP contribution in [0.25, 0.3) is 0 Å². The first-order valence-corrected chi connectivity index (χ1v) is 5.41. The molecule has 0 bridgehead atoms. The summed E-state index contributed by atoms with van der Waals surface area (Å²) in [5.41, 5.74) is 1.53.